The Morgan fingerprint density at radius 3 is 1.77 bits per heavy atom. The van der Waals surface area contributed by atoms with Crippen molar-refractivity contribution in [1.29, 1.82) is 0 Å². The number of nitrogens with zero attached hydrogens (tertiary/aromatic N) is 1. The molecule has 1 aliphatic heterocycles. The van der Waals surface area contributed by atoms with Gasteiger partial charge < -0.3 is 25.3 Å². The quantitative estimate of drug-likeness (QED) is 0.125. The smallest absolute Gasteiger partial charge is 0.308 e. The molecule has 1 rings (SSSR count). The number of likely N-dealkylation sites (tertiary alicyclic amines) is 1. The Kier molecular flexibility index (Phi) is 14.6. The summed E-state index contributed by atoms with van der Waals surface area (Å²) in [6, 6.07) is 0.176. The SMILES string of the molecule is CCCCCCCC(C)(C)CC(CC(C)(C)C(C)C(C(=O)O)C(C(=O)O)C(CC(=O)O)C(=O)O)N1CCCCC1. The van der Waals surface area contributed by atoms with Gasteiger partial charge in [-0.1, -0.05) is 80.1 Å². The molecule has 0 spiro atoms. The Bertz CT molecular complexity index is 833. The normalized spacial score (nSPS) is 18.9. The van der Waals surface area contributed by atoms with Crippen molar-refractivity contribution in [3.8, 4) is 0 Å². The van der Waals surface area contributed by atoms with Crippen LogP contribution in [-0.4, -0.2) is 68.3 Å². The van der Waals surface area contributed by atoms with Crippen molar-refractivity contribution in [2.75, 3.05) is 13.1 Å². The minimum Gasteiger partial charge on any atom is -0.481 e. The zero-order valence-corrected chi connectivity index (χ0v) is 25.7. The fourth-order valence-corrected chi connectivity index (χ4v) is 6.65. The molecule has 5 atom stereocenters. The Morgan fingerprint density at radius 1 is 0.750 bits per heavy atom. The molecule has 0 bridgehead atoms. The Hall–Kier alpha value is -2.16. The lowest BCUT2D eigenvalue weighted by atomic mass is 9.62. The van der Waals surface area contributed by atoms with Gasteiger partial charge in [0.1, 0.15) is 0 Å². The Labute approximate surface area is 240 Å². The van der Waals surface area contributed by atoms with Gasteiger partial charge in [0.05, 0.1) is 24.2 Å². The third kappa shape index (κ3) is 11.4. The number of carboxylic acids is 4. The summed E-state index contributed by atoms with van der Waals surface area (Å²) in [5.74, 6) is -12.1. The van der Waals surface area contributed by atoms with Crippen molar-refractivity contribution < 1.29 is 39.6 Å². The molecular formula is C31H55NO8. The summed E-state index contributed by atoms with van der Waals surface area (Å²) in [6.45, 7) is 14.3. The first kappa shape index (κ1) is 35.9. The van der Waals surface area contributed by atoms with E-state index in [0.717, 1.165) is 38.8 Å². The van der Waals surface area contributed by atoms with E-state index in [-0.39, 0.29) is 11.5 Å². The molecular weight excluding hydrogens is 514 g/mol. The third-order valence-electron chi connectivity index (χ3n) is 9.29. The van der Waals surface area contributed by atoms with Gasteiger partial charge in [0, 0.05) is 6.04 Å². The van der Waals surface area contributed by atoms with Crippen LogP contribution >= 0.6 is 0 Å². The maximum Gasteiger partial charge on any atom is 0.308 e. The van der Waals surface area contributed by atoms with Crippen LogP contribution in [0.1, 0.15) is 119 Å². The number of aliphatic carboxylic acids is 4. The van der Waals surface area contributed by atoms with Gasteiger partial charge in [-0.25, -0.2) is 0 Å². The van der Waals surface area contributed by atoms with E-state index < -0.39 is 59.4 Å². The fourth-order valence-electron chi connectivity index (χ4n) is 6.65. The van der Waals surface area contributed by atoms with Crippen LogP contribution in [0.3, 0.4) is 0 Å². The second kappa shape index (κ2) is 16.3. The molecule has 0 radical (unpaired) electrons. The number of piperidine rings is 1. The molecule has 0 aliphatic carbocycles. The van der Waals surface area contributed by atoms with Crippen LogP contribution in [0.2, 0.25) is 0 Å². The minimum atomic E-state index is -1.87. The zero-order chi connectivity index (χ0) is 30.7. The number of unbranched alkanes of at least 4 members (excludes halogenated alkanes) is 4. The summed E-state index contributed by atoms with van der Waals surface area (Å²) in [4.78, 5) is 50.7. The van der Waals surface area contributed by atoms with Crippen molar-refractivity contribution in [3.05, 3.63) is 0 Å². The molecule has 0 aromatic rings. The van der Waals surface area contributed by atoms with Crippen LogP contribution in [0.4, 0.5) is 0 Å². The number of carbonyl (C=O) groups is 4. The van der Waals surface area contributed by atoms with Crippen molar-refractivity contribution in [2.24, 2.45) is 34.5 Å². The minimum absolute atomic E-state index is 0.0827. The molecule has 4 N–H and O–H groups in total. The average Bonchev–Trinajstić information content (AvgIpc) is 2.84. The summed E-state index contributed by atoms with van der Waals surface area (Å²) < 4.78 is 0. The average molecular weight is 570 g/mol. The molecule has 1 aliphatic rings. The summed E-state index contributed by atoms with van der Waals surface area (Å²) >= 11 is 0. The van der Waals surface area contributed by atoms with E-state index in [2.05, 4.69) is 25.7 Å². The second-order valence-electron chi connectivity index (χ2n) is 13.5. The molecule has 1 saturated heterocycles. The topological polar surface area (TPSA) is 152 Å². The molecule has 5 unspecified atom stereocenters. The molecule has 0 aromatic carbocycles. The van der Waals surface area contributed by atoms with Gasteiger partial charge in [-0.15, -0.1) is 0 Å². The predicted octanol–water partition coefficient (Wildman–Crippen LogP) is 6.25. The van der Waals surface area contributed by atoms with E-state index in [0.29, 0.717) is 6.42 Å². The van der Waals surface area contributed by atoms with Crippen LogP contribution in [0.15, 0.2) is 0 Å². The van der Waals surface area contributed by atoms with Gasteiger partial charge in [-0.3, -0.25) is 19.2 Å². The van der Waals surface area contributed by atoms with Crippen LogP contribution in [0, 0.1) is 34.5 Å². The van der Waals surface area contributed by atoms with Crippen LogP contribution < -0.4 is 0 Å². The largest absolute Gasteiger partial charge is 0.481 e. The summed E-state index contributed by atoms with van der Waals surface area (Å²) in [5.41, 5.74) is -0.568. The predicted molar refractivity (Wildman–Crippen MR) is 154 cm³/mol. The van der Waals surface area contributed by atoms with Gasteiger partial charge in [0.2, 0.25) is 0 Å². The molecule has 9 nitrogen and oxygen atoms in total. The van der Waals surface area contributed by atoms with Crippen molar-refractivity contribution >= 4 is 23.9 Å². The number of rotatable bonds is 20. The molecule has 232 valence electrons. The van der Waals surface area contributed by atoms with E-state index in [9.17, 15) is 39.6 Å². The van der Waals surface area contributed by atoms with Gasteiger partial charge in [-0.2, -0.15) is 0 Å². The fraction of sp³-hybridized carbons (Fsp3) is 0.871. The molecule has 1 fully saturated rings. The summed E-state index contributed by atoms with van der Waals surface area (Å²) in [6.07, 6.45) is 11.2. The first-order valence-corrected chi connectivity index (χ1v) is 15.2. The maximum absolute atomic E-state index is 12.5. The van der Waals surface area contributed by atoms with E-state index in [1.165, 1.54) is 38.5 Å². The monoisotopic (exact) mass is 569 g/mol. The molecule has 9 heteroatoms. The molecule has 0 amide bonds. The summed E-state index contributed by atoms with van der Waals surface area (Å²) in [5, 5.41) is 39.1. The standard InChI is InChI=1S/C31H55NO8/c1-7-8-9-10-12-15-30(3,4)19-22(32-16-13-11-14-17-32)20-31(5,6)21(2)25(28(37)38)26(29(39)40)23(27(35)36)18-24(33)34/h21-23,25-26H,7-20H2,1-6H3,(H,33,34)(H,35,36)(H,37,38)(H,39,40). The first-order chi connectivity index (χ1) is 18.5. The van der Waals surface area contributed by atoms with E-state index >= 15 is 0 Å². The first-order valence-electron chi connectivity index (χ1n) is 15.2. The Balaban J connectivity index is 3.28. The zero-order valence-electron chi connectivity index (χ0n) is 25.7. The van der Waals surface area contributed by atoms with Crippen molar-refractivity contribution in [2.45, 2.75) is 125 Å². The maximum atomic E-state index is 12.5. The van der Waals surface area contributed by atoms with E-state index in [1.54, 1.807) is 6.92 Å². The lowest BCUT2D eigenvalue weighted by Gasteiger charge is -2.46. The molecule has 0 aromatic heterocycles. The van der Waals surface area contributed by atoms with Crippen LogP contribution in [-0.2, 0) is 19.2 Å². The third-order valence-corrected chi connectivity index (χ3v) is 9.29. The van der Waals surface area contributed by atoms with E-state index in [4.69, 9.17) is 0 Å². The van der Waals surface area contributed by atoms with Gasteiger partial charge >= 0.3 is 23.9 Å². The highest BCUT2D eigenvalue weighted by Gasteiger charge is 2.50. The van der Waals surface area contributed by atoms with Gasteiger partial charge in [0.25, 0.3) is 0 Å². The molecule has 40 heavy (non-hydrogen) atoms. The summed E-state index contributed by atoms with van der Waals surface area (Å²) in [7, 11) is 0. The van der Waals surface area contributed by atoms with Gasteiger partial charge in [0.15, 0.2) is 0 Å². The van der Waals surface area contributed by atoms with Gasteiger partial charge in [-0.05, 0) is 61.9 Å². The second-order valence-corrected chi connectivity index (χ2v) is 13.5. The molecule has 1 heterocycles. The number of hydrogen-bond acceptors (Lipinski definition) is 5. The highest BCUT2D eigenvalue weighted by molar-refractivity contribution is 5.87. The van der Waals surface area contributed by atoms with Crippen LogP contribution in [0.5, 0.6) is 0 Å². The van der Waals surface area contributed by atoms with Crippen molar-refractivity contribution in [3.63, 3.8) is 0 Å². The number of carboxylic acid groups (broad SMARTS) is 4. The molecule has 0 saturated carbocycles. The lowest BCUT2D eigenvalue weighted by Crippen LogP contribution is -2.49. The number of hydrogen-bond donors (Lipinski definition) is 4. The highest BCUT2D eigenvalue weighted by Crippen LogP contribution is 2.45. The van der Waals surface area contributed by atoms with Crippen LogP contribution in [0.25, 0.3) is 0 Å². The Morgan fingerprint density at radius 2 is 1.30 bits per heavy atom. The highest BCUT2D eigenvalue weighted by atomic mass is 16.4. The van der Waals surface area contributed by atoms with E-state index in [1.807, 2.05) is 13.8 Å². The lowest BCUT2D eigenvalue weighted by molar-refractivity contribution is -0.168. The van der Waals surface area contributed by atoms with Crippen molar-refractivity contribution in [1.82, 2.24) is 4.90 Å².